The lowest BCUT2D eigenvalue weighted by Gasteiger charge is -2.15. The standard InChI is InChI=1S/C22H19FN2O3S2/c23-14-9-7-13(8-10-14)20-16(15-4-1-2-5-17(15)24-20)12-18-21(28)25(22(29)30-18)11-3-6-19(26)27/h1-2,4-5,7-10,18,24H,3,6,11-12H2,(H,26,27). The summed E-state index contributed by atoms with van der Waals surface area (Å²) in [4.78, 5) is 28.6. The molecule has 0 saturated carbocycles. The number of carboxylic acids is 1. The van der Waals surface area contributed by atoms with Gasteiger partial charge in [-0.2, -0.15) is 0 Å². The van der Waals surface area contributed by atoms with Crippen molar-refractivity contribution in [1.29, 1.82) is 0 Å². The number of para-hydroxylation sites is 1. The number of carbonyl (C=O) groups is 2. The first-order chi connectivity index (χ1) is 14.4. The van der Waals surface area contributed by atoms with Crippen molar-refractivity contribution in [2.24, 2.45) is 0 Å². The number of nitrogens with zero attached hydrogens (tertiary/aromatic N) is 1. The molecule has 1 aliphatic rings. The number of hydrogen-bond acceptors (Lipinski definition) is 4. The Labute approximate surface area is 182 Å². The van der Waals surface area contributed by atoms with Crippen LogP contribution in [-0.4, -0.2) is 43.0 Å². The molecule has 2 aromatic carbocycles. The Bertz CT molecular complexity index is 1130. The van der Waals surface area contributed by atoms with Gasteiger partial charge in [-0.1, -0.05) is 42.2 Å². The number of aliphatic carboxylic acids is 1. The van der Waals surface area contributed by atoms with Crippen LogP contribution in [0.3, 0.4) is 0 Å². The Balaban J connectivity index is 1.63. The number of nitrogens with one attached hydrogen (secondary N) is 1. The molecule has 1 unspecified atom stereocenters. The summed E-state index contributed by atoms with van der Waals surface area (Å²) in [6.07, 6.45) is 0.830. The van der Waals surface area contributed by atoms with E-state index in [1.54, 1.807) is 12.1 Å². The molecule has 1 amide bonds. The minimum Gasteiger partial charge on any atom is -0.481 e. The highest BCUT2D eigenvalue weighted by Crippen LogP contribution is 2.36. The van der Waals surface area contributed by atoms with Crippen LogP contribution in [0, 0.1) is 5.82 Å². The summed E-state index contributed by atoms with van der Waals surface area (Å²) in [6, 6.07) is 14.1. The maximum Gasteiger partial charge on any atom is 0.303 e. The number of aromatic amines is 1. The lowest BCUT2D eigenvalue weighted by Crippen LogP contribution is -2.33. The van der Waals surface area contributed by atoms with Crippen molar-refractivity contribution in [3.63, 3.8) is 0 Å². The maximum absolute atomic E-state index is 13.4. The number of benzene rings is 2. The summed E-state index contributed by atoms with van der Waals surface area (Å²) in [5.74, 6) is -1.29. The summed E-state index contributed by atoms with van der Waals surface area (Å²) in [5, 5.41) is 9.47. The molecule has 2 heterocycles. The molecule has 2 N–H and O–H groups in total. The third-order valence-corrected chi connectivity index (χ3v) is 6.70. The van der Waals surface area contributed by atoms with E-state index in [9.17, 15) is 14.0 Å². The minimum atomic E-state index is -0.889. The van der Waals surface area contributed by atoms with Crippen LogP contribution < -0.4 is 0 Å². The van der Waals surface area contributed by atoms with Gasteiger partial charge in [0, 0.05) is 29.6 Å². The molecule has 1 atom stereocenters. The van der Waals surface area contributed by atoms with Crippen LogP contribution in [0.5, 0.6) is 0 Å². The van der Waals surface area contributed by atoms with Gasteiger partial charge in [-0.25, -0.2) is 4.39 Å². The van der Waals surface area contributed by atoms with E-state index in [1.165, 1.54) is 28.8 Å². The summed E-state index contributed by atoms with van der Waals surface area (Å²) in [6.45, 7) is 0.312. The molecule has 4 rings (SSSR count). The number of thiocarbonyl (C=S) groups is 1. The molecular weight excluding hydrogens is 423 g/mol. The van der Waals surface area contributed by atoms with E-state index in [0.717, 1.165) is 27.7 Å². The van der Waals surface area contributed by atoms with Crippen molar-refractivity contribution >= 4 is 51.1 Å². The van der Waals surface area contributed by atoms with Crippen LogP contribution in [-0.2, 0) is 16.0 Å². The molecule has 8 heteroatoms. The summed E-state index contributed by atoms with van der Waals surface area (Å²) in [5.41, 5.74) is 3.64. The van der Waals surface area contributed by atoms with Crippen LogP contribution in [0.25, 0.3) is 22.2 Å². The molecule has 5 nitrogen and oxygen atoms in total. The average molecular weight is 443 g/mol. The summed E-state index contributed by atoms with van der Waals surface area (Å²) >= 11 is 6.72. The van der Waals surface area contributed by atoms with Gasteiger partial charge in [-0.05, 0) is 54.3 Å². The van der Waals surface area contributed by atoms with Gasteiger partial charge in [0.25, 0.3) is 0 Å². The molecule has 1 saturated heterocycles. The van der Waals surface area contributed by atoms with Gasteiger partial charge in [0.1, 0.15) is 10.1 Å². The first-order valence-electron chi connectivity index (χ1n) is 9.53. The Morgan fingerprint density at radius 2 is 1.93 bits per heavy atom. The first kappa shape index (κ1) is 20.6. The molecular formula is C22H19FN2O3S2. The molecule has 1 aliphatic heterocycles. The van der Waals surface area contributed by atoms with Gasteiger partial charge >= 0.3 is 5.97 Å². The number of rotatable bonds is 7. The number of carboxylic acid groups (broad SMARTS) is 1. The Morgan fingerprint density at radius 3 is 2.67 bits per heavy atom. The van der Waals surface area contributed by atoms with Crippen molar-refractivity contribution in [1.82, 2.24) is 9.88 Å². The van der Waals surface area contributed by atoms with Crippen LogP contribution in [0.4, 0.5) is 4.39 Å². The largest absolute Gasteiger partial charge is 0.481 e. The Morgan fingerprint density at radius 1 is 1.20 bits per heavy atom. The molecule has 0 aliphatic carbocycles. The molecule has 0 radical (unpaired) electrons. The van der Waals surface area contributed by atoms with Gasteiger partial charge in [0.2, 0.25) is 5.91 Å². The fourth-order valence-corrected chi connectivity index (χ4v) is 5.24. The number of amides is 1. The third-order valence-electron chi connectivity index (χ3n) is 5.11. The molecule has 30 heavy (non-hydrogen) atoms. The van der Waals surface area contributed by atoms with Crippen molar-refractivity contribution < 1.29 is 19.1 Å². The second kappa shape index (κ2) is 8.57. The second-order valence-electron chi connectivity index (χ2n) is 7.09. The quantitative estimate of drug-likeness (QED) is 0.523. The number of carbonyl (C=O) groups excluding carboxylic acids is 1. The zero-order valence-electron chi connectivity index (χ0n) is 15.9. The molecule has 1 fully saturated rings. The highest BCUT2D eigenvalue weighted by molar-refractivity contribution is 8.24. The highest BCUT2D eigenvalue weighted by atomic mass is 32.2. The van der Waals surface area contributed by atoms with Crippen molar-refractivity contribution in [3.8, 4) is 11.3 Å². The minimum absolute atomic E-state index is 0.00110. The maximum atomic E-state index is 13.4. The fraction of sp³-hybridized carbons (Fsp3) is 0.227. The third kappa shape index (κ3) is 4.11. The average Bonchev–Trinajstić information content (AvgIpc) is 3.21. The number of halogens is 1. The smallest absolute Gasteiger partial charge is 0.303 e. The van der Waals surface area contributed by atoms with Crippen LogP contribution in [0.2, 0.25) is 0 Å². The fourth-order valence-electron chi connectivity index (χ4n) is 3.68. The van der Waals surface area contributed by atoms with E-state index in [4.69, 9.17) is 17.3 Å². The van der Waals surface area contributed by atoms with Crippen LogP contribution in [0.15, 0.2) is 48.5 Å². The molecule has 3 aromatic rings. The normalized spacial score (nSPS) is 16.6. The van der Waals surface area contributed by atoms with E-state index >= 15 is 0 Å². The van der Waals surface area contributed by atoms with E-state index < -0.39 is 5.97 Å². The summed E-state index contributed by atoms with van der Waals surface area (Å²) in [7, 11) is 0. The van der Waals surface area contributed by atoms with Crippen molar-refractivity contribution in [3.05, 3.63) is 59.9 Å². The van der Waals surface area contributed by atoms with Crippen molar-refractivity contribution in [2.45, 2.75) is 24.5 Å². The number of thioether (sulfide) groups is 1. The predicted octanol–water partition coefficient (Wildman–Crippen LogP) is 4.61. The van der Waals surface area contributed by atoms with E-state index in [-0.39, 0.29) is 23.4 Å². The Kier molecular flexibility index (Phi) is 5.87. The lowest BCUT2D eigenvalue weighted by atomic mass is 10.0. The number of H-pyrrole nitrogens is 1. The number of hydrogen-bond donors (Lipinski definition) is 2. The zero-order chi connectivity index (χ0) is 21.3. The van der Waals surface area contributed by atoms with Gasteiger partial charge in [0.15, 0.2) is 0 Å². The van der Waals surface area contributed by atoms with E-state index in [1.807, 2.05) is 24.3 Å². The number of aromatic nitrogens is 1. The van der Waals surface area contributed by atoms with Gasteiger partial charge in [-0.3, -0.25) is 14.5 Å². The summed E-state index contributed by atoms with van der Waals surface area (Å²) < 4.78 is 13.9. The highest BCUT2D eigenvalue weighted by Gasteiger charge is 2.37. The van der Waals surface area contributed by atoms with E-state index in [2.05, 4.69) is 4.98 Å². The van der Waals surface area contributed by atoms with E-state index in [0.29, 0.717) is 23.7 Å². The SMILES string of the molecule is O=C(O)CCCN1C(=O)C(Cc2c(-c3ccc(F)cc3)[nH]c3ccccc23)SC1=S. The lowest BCUT2D eigenvalue weighted by molar-refractivity contribution is -0.137. The Hall–Kier alpha value is -2.71. The first-order valence-corrected chi connectivity index (χ1v) is 10.8. The van der Waals surface area contributed by atoms with Crippen LogP contribution >= 0.6 is 24.0 Å². The molecule has 0 bridgehead atoms. The molecule has 1 aromatic heterocycles. The monoisotopic (exact) mass is 442 g/mol. The van der Waals surface area contributed by atoms with Crippen LogP contribution in [0.1, 0.15) is 18.4 Å². The van der Waals surface area contributed by atoms with Crippen molar-refractivity contribution in [2.75, 3.05) is 6.54 Å². The number of fused-ring (bicyclic) bond motifs is 1. The van der Waals surface area contributed by atoms with Gasteiger partial charge in [0.05, 0.1) is 5.25 Å². The van der Waals surface area contributed by atoms with Gasteiger partial charge in [-0.15, -0.1) is 0 Å². The topological polar surface area (TPSA) is 73.4 Å². The molecule has 154 valence electrons. The second-order valence-corrected chi connectivity index (χ2v) is 8.93. The molecule has 0 spiro atoms. The predicted molar refractivity (Wildman–Crippen MR) is 120 cm³/mol. The van der Waals surface area contributed by atoms with Gasteiger partial charge < -0.3 is 10.1 Å². The zero-order valence-corrected chi connectivity index (χ0v) is 17.6.